The number of aromatic nitrogens is 2. The summed E-state index contributed by atoms with van der Waals surface area (Å²) in [5, 5.41) is 0. The second-order valence-corrected chi connectivity index (χ2v) is 4.43. The van der Waals surface area contributed by atoms with Crippen LogP contribution in [0.5, 0.6) is 0 Å². The van der Waals surface area contributed by atoms with Gasteiger partial charge in [0.25, 0.3) is 0 Å². The van der Waals surface area contributed by atoms with Gasteiger partial charge in [-0.25, -0.2) is 4.98 Å². The Morgan fingerprint density at radius 2 is 2.27 bits per heavy atom. The van der Waals surface area contributed by atoms with Crippen molar-refractivity contribution < 1.29 is 0 Å². The Balaban J connectivity index is 2.63. The minimum atomic E-state index is 0.492. The molecule has 0 fully saturated rings. The number of benzene rings is 1. The molecule has 0 saturated carbocycles. The van der Waals surface area contributed by atoms with E-state index in [-0.39, 0.29) is 0 Å². The quantitative estimate of drug-likeness (QED) is 0.930. The van der Waals surface area contributed by atoms with E-state index in [4.69, 9.17) is 5.73 Å². The minimum Gasteiger partial charge on any atom is -0.327 e. The van der Waals surface area contributed by atoms with Gasteiger partial charge in [-0.3, -0.25) is 0 Å². The molecule has 0 aliphatic carbocycles. The Morgan fingerprint density at radius 1 is 1.47 bits per heavy atom. The fourth-order valence-electron chi connectivity index (χ4n) is 1.78. The van der Waals surface area contributed by atoms with E-state index in [9.17, 15) is 0 Å². The SMILES string of the molecule is CCCn1c(CN)nc2cc(Br)ccc21. The largest absolute Gasteiger partial charge is 0.327 e. The number of aryl methyl sites for hydroxylation is 1. The second kappa shape index (κ2) is 4.33. The zero-order chi connectivity index (χ0) is 10.8. The molecule has 0 aliphatic heterocycles. The van der Waals surface area contributed by atoms with E-state index < -0.39 is 0 Å². The van der Waals surface area contributed by atoms with E-state index in [1.165, 1.54) is 5.52 Å². The van der Waals surface area contributed by atoms with Crippen molar-refractivity contribution in [2.75, 3.05) is 0 Å². The van der Waals surface area contributed by atoms with E-state index >= 15 is 0 Å². The summed E-state index contributed by atoms with van der Waals surface area (Å²) in [7, 11) is 0. The van der Waals surface area contributed by atoms with Crippen molar-refractivity contribution in [3.05, 3.63) is 28.5 Å². The molecule has 0 unspecified atom stereocenters. The minimum absolute atomic E-state index is 0.492. The molecule has 80 valence electrons. The third kappa shape index (κ3) is 1.92. The Morgan fingerprint density at radius 3 is 2.93 bits per heavy atom. The van der Waals surface area contributed by atoms with Crippen LogP contribution in [0.1, 0.15) is 19.2 Å². The van der Waals surface area contributed by atoms with Crippen molar-refractivity contribution in [3.63, 3.8) is 0 Å². The maximum Gasteiger partial charge on any atom is 0.123 e. The number of nitrogens with two attached hydrogens (primary N) is 1. The molecule has 0 spiro atoms. The first-order valence-corrected chi connectivity index (χ1v) is 5.90. The molecule has 1 heterocycles. The van der Waals surface area contributed by atoms with Gasteiger partial charge in [-0.1, -0.05) is 22.9 Å². The van der Waals surface area contributed by atoms with Gasteiger partial charge < -0.3 is 10.3 Å². The van der Waals surface area contributed by atoms with Gasteiger partial charge in [0.1, 0.15) is 5.82 Å². The first kappa shape index (κ1) is 10.6. The van der Waals surface area contributed by atoms with E-state index in [1.54, 1.807) is 0 Å². The lowest BCUT2D eigenvalue weighted by atomic mass is 10.3. The molecule has 0 amide bonds. The van der Waals surface area contributed by atoms with E-state index in [2.05, 4.69) is 38.5 Å². The summed E-state index contributed by atoms with van der Waals surface area (Å²) in [5.74, 6) is 0.963. The maximum atomic E-state index is 5.69. The molecule has 0 saturated heterocycles. The summed E-state index contributed by atoms with van der Waals surface area (Å²) >= 11 is 3.45. The average Bonchev–Trinajstić information content (AvgIpc) is 2.56. The molecule has 0 radical (unpaired) electrons. The van der Waals surface area contributed by atoms with Gasteiger partial charge in [0.15, 0.2) is 0 Å². The predicted octanol–water partition coefficient (Wildman–Crippen LogP) is 2.67. The van der Waals surface area contributed by atoms with Gasteiger partial charge in [-0.2, -0.15) is 0 Å². The molecular formula is C11H14BrN3. The smallest absolute Gasteiger partial charge is 0.123 e. The van der Waals surface area contributed by atoms with Gasteiger partial charge in [-0.05, 0) is 24.6 Å². The van der Waals surface area contributed by atoms with E-state index in [0.717, 1.165) is 28.8 Å². The van der Waals surface area contributed by atoms with Crippen molar-refractivity contribution in [2.45, 2.75) is 26.4 Å². The lowest BCUT2D eigenvalue weighted by Gasteiger charge is -2.05. The molecular weight excluding hydrogens is 254 g/mol. The third-order valence-corrected chi connectivity index (χ3v) is 2.91. The molecule has 15 heavy (non-hydrogen) atoms. The number of nitrogens with zero attached hydrogens (tertiary/aromatic N) is 2. The van der Waals surface area contributed by atoms with Crippen LogP contribution in [0.25, 0.3) is 11.0 Å². The fraction of sp³-hybridized carbons (Fsp3) is 0.364. The van der Waals surface area contributed by atoms with Crippen molar-refractivity contribution in [1.82, 2.24) is 9.55 Å². The second-order valence-electron chi connectivity index (χ2n) is 3.52. The van der Waals surface area contributed by atoms with Crippen molar-refractivity contribution >= 4 is 27.0 Å². The van der Waals surface area contributed by atoms with Gasteiger partial charge in [0.2, 0.25) is 0 Å². The third-order valence-electron chi connectivity index (χ3n) is 2.42. The molecule has 3 nitrogen and oxygen atoms in total. The van der Waals surface area contributed by atoms with Crippen LogP contribution < -0.4 is 5.73 Å². The van der Waals surface area contributed by atoms with Crippen molar-refractivity contribution in [3.8, 4) is 0 Å². The Bertz CT molecular complexity index is 476. The fourth-order valence-corrected chi connectivity index (χ4v) is 2.13. The van der Waals surface area contributed by atoms with Gasteiger partial charge in [0, 0.05) is 11.0 Å². The lowest BCUT2D eigenvalue weighted by Crippen LogP contribution is -2.08. The first-order chi connectivity index (χ1) is 7.26. The number of halogens is 1. The molecule has 0 aliphatic rings. The summed E-state index contributed by atoms with van der Waals surface area (Å²) in [5.41, 5.74) is 7.87. The van der Waals surface area contributed by atoms with Crippen LogP contribution in [0.4, 0.5) is 0 Å². The Kier molecular flexibility index (Phi) is 3.07. The summed E-state index contributed by atoms with van der Waals surface area (Å²) in [4.78, 5) is 4.52. The zero-order valence-corrected chi connectivity index (χ0v) is 10.3. The van der Waals surface area contributed by atoms with Gasteiger partial charge in [0.05, 0.1) is 17.6 Å². The topological polar surface area (TPSA) is 43.8 Å². The van der Waals surface area contributed by atoms with Gasteiger partial charge in [-0.15, -0.1) is 0 Å². The van der Waals surface area contributed by atoms with Gasteiger partial charge >= 0.3 is 0 Å². The number of imidazole rings is 1. The maximum absolute atomic E-state index is 5.69. The highest BCUT2D eigenvalue weighted by Crippen LogP contribution is 2.21. The van der Waals surface area contributed by atoms with Crippen LogP contribution in [-0.2, 0) is 13.1 Å². The molecule has 2 N–H and O–H groups in total. The summed E-state index contributed by atoms with van der Waals surface area (Å²) in [6.45, 7) is 3.63. The van der Waals surface area contributed by atoms with Crippen LogP contribution in [-0.4, -0.2) is 9.55 Å². The highest BCUT2D eigenvalue weighted by molar-refractivity contribution is 9.10. The highest BCUT2D eigenvalue weighted by atomic mass is 79.9. The molecule has 1 aromatic heterocycles. The first-order valence-electron chi connectivity index (χ1n) is 5.11. The summed E-state index contributed by atoms with van der Waals surface area (Å²) < 4.78 is 3.25. The Labute approximate surface area is 97.4 Å². The zero-order valence-electron chi connectivity index (χ0n) is 8.70. The molecule has 2 aromatic rings. The number of fused-ring (bicyclic) bond motifs is 1. The summed E-state index contributed by atoms with van der Waals surface area (Å²) in [6, 6.07) is 6.15. The monoisotopic (exact) mass is 267 g/mol. The molecule has 2 rings (SSSR count). The summed E-state index contributed by atoms with van der Waals surface area (Å²) in [6.07, 6.45) is 1.09. The van der Waals surface area contributed by atoms with Crippen LogP contribution in [0, 0.1) is 0 Å². The van der Waals surface area contributed by atoms with E-state index in [1.807, 2.05) is 12.1 Å². The molecule has 0 bridgehead atoms. The number of hydrogen-bond donors (Lipinski definition) is 1. The predicted molar refractivity (Wildman–Crippen MR) is 65.6 cm³/mol. The molecule has 4 heteroatoms. The molecule has 0 atom stereocenters. The van der Waals surface area contributed by atoms with Crippen LogP contribution >= 0.6 is 15.9 Å². The standard InChI is InChI=1S/C11H14BrN3/c1-2-5-15-10-4-3-8(12)6-9(10)14-11(15)7-13/h3-4,6H,2,5,7,13H2,1H3. The van der Waals surface area contributed by atoms with Crippen LogP contribution in [0.2, 0.25) is 0 Å². The van der Waals surface area contributed by atoms with Crippen LogP contribution in [0.15, 0.2) is 22.7 Å². The van der Waals surface area contributed by atoms with E-state index in [0.29, 0.717) is 6.54 Å². The Hall–Kier alpha value is -0.870. The van der Waals surface area contributed by atoms with Crippen molar-refractivity contribution in [2.24, 2.45) is 5.73 Å². The number of rotatable bonds is 3. The highest BCUT2D eigenvalue weighted by Gasteiger charge is 2.08. The normalized spacial score (nSPS) is 11.1. The number of hydrogen-bond acceptors (Lipinski definition) is 2. The van der Waals surface area contributed by atoms with Crippen molar-refractivity contribution in [1.29, 1.82) is 0 Å². The average molecular weight is 268 g/mol. The van der Waals surface area contributed by atoms with Crippen LogP contribution in [0.3, 0.4) is 0 Å². The lowest BCUT2D eigenvalue weighted by molar-refractivity contribution is 0.655. The molecule has 1 aromatic carbocycles.